The van der Waals surface area contributed by atoms with E-state index in [0.717, 1.165) is 28.3 Å². The molecule has 1 aliphatic rings. The molecule has 0 saturated heterocycles. The minimum Gasteiger partial charge on any atom is -0.674 e. The summed E-state index contributed by atoms with van der Waals surface area (Å²) in [5, 5.41) is 11.2. The Morgan fingerprint density at radius 1 is 0.956 bits per heavy atom. The number of carboxylic acid groups (broad SMARTS) is 1. The molecule has 0 fully saturated rings. The molecule has 45 heavy (non-hydrogen) atoms. The van der Waals surface area contributed by atoms with Gasteiger partial charge < -0.3 is 20.3 Å². The van der Waals surface area contributed by atoms with Crippen LogP contribution in [0, 0.1) is 0 Å². The Bertz CT molecular complexity index is 1630. The van der Waals surface area contributed by atoms with Crippen molar-refractivity contribution in [2.24, 2.45) is 4.99 Å². The lowest BCUT2D eigenvalue weighted by atomic mass is 9.94. The fourth-order valence-electron chi connectivity index (χ4n) is 4.80. The number of hydrogen-bond acceptors (Lipinski definition) is 4. The van der Waals surface area contributed by atoms with Crippen LogP contribution in [0.15, 0.2) is 96.0 Å². The van der Waals surface area contributed by atoms with Crippen molar-refractivity contribution in [1.82, 2.24) is 4.90 Å². The Hall–Kier alpha value is -4.25. The molecule has 1 heterocycles. The number of amides is 1. The van der Waals surface area contributed by atoms with Crippen molar-refractivity contribution in [3.8, 4) is 11.5 Å². The first-order chi connectivity index (χ1) is 21.5. The van der Waals surface area contributed by atoms with E-state index >= 15 is 0 Å². The molecule has 4 aromatic rings. The number of ether oxygens (including phenoxy) is 2. The van der Waals surface area contributed by atoms with Gasteiger partial charge in [0, 0.05) is 10.0 Å². The summed E-state index contributed by atoms with van der Waals surface area (Å²) in [5.41, 5.74) is 8.57. The molecule has 0 aliphatic carbocycles. The molecule has 7 nitrogen and oxygen atoms in total. The maximum Gasteiger partial charge on any atom is 0.416 e. The molecule has 12 heteroatoms. The summed E-state index contributed by atoms with van der Waals surface area (Å²) in [7, 11) is 1.63. The molecule has 0 bridgehead atoms. The highest BCUT2D eigenvalue weighted by Crippen LogP contribution is 2.45. The fraction of sp³-hybridized carbons (Fsp3) is 0.212. The van der Waals surface area contributed by atoms with Gasteiger partial charge in [-0.25, -0.2) is 4.79 Å². The largest absolute Gasteiger partial charge is 0.674 e. The maximum atomic E-state index is 13.3. The van der Waals surface area contributed by atoms with Gasteiger partial charge in [0.15, 0.2) is 0 Å². The number of methoxy groups -OCH3 is 1. The number of nitrogens with zero attached hydrogens (tertiary/aromatic N) is 2. The molecule has 0 saturated carbocycles. The molecule has 1 amide bonds. The van der Waals surface area contributed by atoms with E-state index < -0.39 is 29.9 Å². The van der Waals surface area contributed by atoms with E-state index in [9.17, 15) is 23.1 Å². The van der Waals surface area contributed by atoms with Gasteiger partial charge in [-0.15, -0.1) is 6.54 Å². The smallest absolute Gasteiger partial charge is 0.416 e. The highest BCUT2D eigenvalue weighted by Gasteiger charge is 2.43. The monoisotopic (exact) mass is 658 g/mol. The summed E-state index contributed by atoms with van der Waals surface area (Å²) >= 11 is 12.1. The average molecular weight is 660 g/mol. The molecular weight excluding hydrogens is 630 g/mol. The van der Waals surface area contributed by atoms with Crippen LogP contribution in [-0.2, 0) is 12.7 Å². The zero-order valence-electron chi connectivity index (χ0n) is 24.2. The molecule has 2 unspecified atom stereocenters. The lowest BCUT2D eigenvalue weighted by Gasteiger charge is -2.27. The Balaban J connectivity index is 0.000000392. The molecule has 2 atom stereocenters. The number of benzene rings is 4. The Labute approximate surface area is 268 Å². The molecule has 5 rings (SSSR count). The number of carbonyl (C=O) groups is 1. The Morgan fingerprint density at radius 3 is 2.11 bits per heavy atom. The third-order valence-corrected chi connectivity index (χ3v) is 7.39. The number of halogens is 5. The van der Waals surface area contributed by atoms with Gasteiger partial charge in [0.2, 0.25) is 0 Å². The van der Waals surface area contributed by atoms with Crippen LogP contribution in [0.4, 0.5) is 18.0 Å². The van der Waals surface area contributed by atoms with Gasteiger partial charge in [0.1, 0.15) is 23.4 Å². The highest BCUT2D eigenvalue weighted by molar-refractivity contribution is 6.30. The second-order valence-corrected chi connectivity index (χ2v) is 10.6. The van der Waals surface area contributed by atoms with E-state index in [-0.39, 0.29) is 23.8 Å². The predicted molar refractivity (Wildman–Crippen MR) is 168 cm³/mol. The molecule has 1 aliphatic heterocycles. The van der Waals surface area contributed by atoms with Gasteiger partial charge >= 0.3 is 12.3 Å². The van der Waals surface area contributed by atoms with Crippen LogP contribution in [0.25, 0.3) is 5.73 Å². The zero-order valence-corrected chi connectivity index (χ0v) is 25.7. The summed E-state index contributed by atoms with van der Waals surface area (Å²) in [6.07, 6.45) is -5.91. The third kappa shape index (κ3) is 8.08. The molecule has 0 aromatic heterocycles. The van der Waals surface area contributed by atoms with Crippen LogP contribution in [-0.4, -0.2) is 35.7 Å². The van der Waals surface area contributed by atoms with Crippen LogP contribution in [0.5, 0.6) is 11.5 Å². The minimum absolute atomic E-state index is 0.0189. The Kier molecular flexibility index (Phi) is 11.0. The topological polar surface area (TPSA) is 95.2 Å². The van der Waals surface area contributed by atoms with Crippen molar-refractivity contribution in [3.05, 3.63) is 135 Å². The van der Waals surface area contributed by atoms with Crippen molar-refractivity contribution >= 4 is 35.1 Å². The van der Waals surface area contributed by atoms with Gasteiger partial charge in [-0.05, 0) is 72.6 Å². The standard InChI is InChI=1S/C25H19Cl2F3N2O3.C8H10NO/c1-2-35-20-13-16(25(28,29)30)7-12-19(20)23-31-21(14-3-8-17(26)9-4-14)22(32(23)24(33)34)15-5-10-18(27)11-6-15;1-10-8-4-2-3-7(5-8)6-9/h3-13,21-22H,2H2,1H3,(H,33,34);2-5,9H,6H2,1H3/q;-1. The van der Waals surface area contributed by atoms with E-state index in [0.29, 0.717) is 27.7 Å². The molecular formula is C33H29Cl2F3N3O4-. The second kappa shape index (κ2) is 14.7. The molecule has 4 aromatic carbocycles. The average Bonchev–Trinajstić information content (AvgIpc) is 3.42. The van der Waals surface area contributed by atoms with Crippen LogP contribution >= 0.6 is 23.2 Å². The van der Waals surface area contributed by atoms with Crippen LogP contribution < -0.4 is 9.47 Å². The van der Waals surface area contributed by atoms with E-state index in [4.69, 9.17) is 43.4 Å². The van der Waals surface area contributed by atoms with Gasteiger partial charge in [0.25, 0.3) is 0 Å². The first-order valence-electron chi connectivity index (χ1n) is 13.7. The van der Waals surface area contributed by atoms with Gasteiger partial charge in [-0.3, -0.25) is 9.89 Å². The highest BCUT2D eigenvalue weighted by atomic mass is 35.5. The van der Waals surface area contributed by atoms with Crippen molar-refractivity contribution in [1.29, 1.82) is 0 Å². The fourth-order valence-corrected chi connectivity index (χ4v) is 5.05. The summed E-state index contributed by atoms with van der Waals surface area (Å²) in [6, 6.07) is 22.4. The lowest BCUT2D eigenvalue weighted by molar-refractivity contribution is -0.137. The van der Waals surface area contributed by atoms with Crippen molar-refractivity contribution < 1.29 is 32.5 Å². The molecule has 2 N–H and O–H groups in total. The number of amidine groups is 1. The summed E-state index contributed by atoms with van der Waals surface area (Å²) in [5.74, 6) is 0.693. The number of nitrogens with one attached hydrogen (secondary N) is 1. The van der Waals surface area contributed by atoms with Gasteiger partial charge in [-0.2, -0.15) is 13.2 Å². The van der Waals surface area contributed by atoms with E-state index in [2.05, 4.69) is 0 Å². The maximum absolute atomic E-state index is 13.3. The van der Waals surface area contributed by atoms with Crippen molar-refractivity contribution in [3.63, 3.8) is 0 Å². The van der Waals surface area contributed by atoms with Crippen molar-refractivity contribution in [2.75, 3.05) is 13.7 Å². The number of aliphatic imine (C=N–C) groups is 1. The molecule has 0 spiro atoms. The quantitative estimate of drug-likeness (QED) is 0.214. The van der Waals surface area contributed by atoms with E-state index in [1.165, 1.54) is 6.07 Å². The number of alkyl halides is 3. The van der Waals surface area contributed by atoms with Gasteiger partial charge in [0.05, 0.1) is 30.9 Å². The second-order valence-electron chi connectivity index (χ2n) is 9.77. The number of rotatable bonds is 7. The Morgan fingerprint density at radius 2 is 1.58 bits per heavy atom. The van der Waals surface area contributed by atoms with Crippen LogP contribution in [0.2, 0.25) is 10.0 Å². The van der Waals surface area contributed by atoms with Crippen LogP contribution in [0.3, 0.4) is 0 Å². The minimum atomic E-state index is -4.59. The number of hydrogen-bond donors (Lipinski definition) is 1. The zero-order chi connectivity index (χ0) is 32.7. The van der Waals surface area contributed by atoms with Crippen molar-refractivity contribution in [2.45, 2.75) is 31.7 Å². The van der Waals surface area contributed by atoms with Gasteiger partial charge in [-0.1, -0.05) is 65.2 Å². The third-order valence-electron chi connectivity index (χ3n) is 6.88. The first kappa shape index (κ1) is 33.6. The molecule has 0 radical (unpaired) electrons. The summed E-state index contributed by atoms with van der Waals surface area (Å²) in [6.45, 7) is 2.02. The summed E-state index contributed by atoms with van der Waals surface area (Å²) < 4.78 is 50.5. The normalized spacial score (nSPS) is 16.0. The van der Waals surface area contributed by atoms with E-state index in [1.807, 2.05) is 24.3 Å². The lowest BCUT2D eigenvalue weighted by Crippen LogP contribution is -2.37. The SMILES string of the molecule is CCOc1cc(C(F)(F)F)ccc1C1=NC(c2ccc(Cl)cc2)C(c2ccc(Cl)cc2)N1C(=O)O.COc1cccc(C[NH-])c1. The summed E-state index contributed by atoms with van der Waals surface area (Å²) in [4.78, 5) is 18.3. The van der Waals surface area contributed by atoms with Crippen LogP contribution in [0.1, 0.15) is 46.8 Å². The predicted octanol–water partition coefficient (Wildman–Crippen LogP) is 9.88. The molecule has 236 valence electrons. The van der Waals surface area contributed by atoms with E-state index in [1.54, 1.807) is 62.6 Å². The first-order valence-corrected chi connectivity index (χ1v) is 14.4.